The highest BCUT2D eigenvalue weighted by molar-refractivity contribution is 5.92. The average molecular weight is 204 g/mol. The third-order valence-corrected chi connectivity index (χ3v) is 3.00. The molecule has 5 heteroatoms. The Bertz CT molecular complexity index is 434. The molecular formula is C10H12N4O. The van der Waals surface area contributed by atoms with Gasteiger partial charge in [0, 0.05) is 31.3 Å². The summed E-state index contributed by atoms with van der Waals surface area (Å²) in [5.74, 6) is 1.23. The van der Waals surface area contributed by atoms with Crippen molar-refractivity contribution in [2.45, 2.75) is 25.9 Å². The lowest BCUT2D eigenvalue weighted by molar-refractivity contribution is -0.114. The quantitative estimate of drug-likeness (QED) is 0.662. The number of rotatable bonds is 1. The molecule has 1 aliphatic heterocycles. The van der Waals surface area contributed by atoms with E-state index in [4.69, 9.17) is 0 Å². The van der Waals surface area contributed by atoms with Crippen LogP contribution in [0.4, 0.5) is 0 Å². The lowest BCUT2D eigenvalue weighted by Crippen LogP contribution is -2.32. The van der Waals surface area contributed by atoms with E-state index in [0.29, 0.717) is 6.42 Å². The molecule has 1 aromatic heterocycles. The molecule has 3 rings (SSSR count). The number of allylic oxidation sites excluding steroid dienone is 2. The molecule has 0 atom stereocenters. The van der Waals surface area contributed by atoms with Crippen molar-refractivity contribution in [1.29, 1.82) is 0 Å². The van der Waals surface area contributed by atoms with E-state index in [-0.39, 0.29) is 5.78 Å². The van der Waals surface area contributed by atoms with Crippen LogP contribution >= 0.6 is 0 Å². The first-order chi connectivity index (χ1) is 7.33. The minimum atomic E-state index is 0.247. The van der Waals surface area contributed by atoms with Gasteiger partial charge in [0.1, 0.15) is 6.33 Å². The van der Waals surface area contributed by atoms with Crippen LogP contribution in [0, 0.1) is 0 Å². The van der Waals surface area contributed by atoms with Crippen molar-refractivity contribution in [3.05, 3.63) is 23.9 Å². The molecule has 0 N–H and O–H groups in total. The molecule has 15 heavy (non-hydrogen) atoms. The predicted molar refractivity (Wildman–Crippen MR) is 52.8 cm³/mol. The van der Waals surface area contributed by atoms with Gasteiger partial charge in [-0.15, -0.1) is 10.2 Å². The second kappa shape index (κ2) is 3.18. The number of nitrogens with zero attached hydrogens (tertiary/aromatic N) is 4. The lowest BCUT2D eigenvalue weighted by atomic mass is 10.2. The smallest absolute Gasteiger partial charge is 0.157 e. The summed E-state index contributed by atoms with van der Waals surface area (Å²) in [5.41, 5.74) is 1.16. The summed E-state index contributed by atoms with van der Waals surface area (Å²) in [6, 6.07) is 0. The fraction of sp³-hybridized carbons (Fsp3) is 0.500. The maximum absolute atomic E-state index is 11.2. The van der Waals surface area contributed by atoms with E-state index in [9.17, 15) is 4.79 Å². The summed E-state index contributed by atoms with van der Waals surface area (Å²) in [6.07, 6.45) is 5.08. The highest BCUT2D eigenvalue weighted by Crippen LogP contribution is 2.22. The van der Waals surface area contributed by atoms with Crippen LogP contribution in [0.1, 0.15) is 18.7 Å². The Kier molecular flexibility index (Phi) is 1.83. The van der Waals surface area contributed by atoms with Crippen LogP contribution in [0.15, 0.2) is 18.1 Å². The fourth-order valence-corrected chi connectivity index (χ4v) is 2.14. The van der Waals surface area contributed by atoms with E-state index >= 15 is 0 Å². The highest BCUT2D eigenvalue weighted by atomic mass is 16.1. The van der Waals surface area contributed by atoms with Gasteiger partial charge < -0.3 is 9.47 Å². The number of hydrogen-bond acceptors (Lipinski definition) is 4. The molecule has 0 bridgehead atoms. The van der Waals surface area contributed by atoms with Gasteiger partial charge in [-0.1, -0.05) is 0 Å². The van der Waals surface area contributed by atoms with Crippen molar-refractivity contribution in [1.82, 2.24) is 19.7 Å². The molecule has 5 nitrogen and oxygen atoms in total. The maximum atomic E-state index is 11.2. The number of carbonyl (C=O) groups is 1. The van der Waals surface area contributed by atoms with Crippen LogP contribution in [0.5, 0.6) is 0 Å². The van der Waals surface area contributed by atoms with Crippen molar-refractivity contribution in [3.63, 3.8) is 0 Å². The molecule has 0 radical (unpaired) electrons. The van der Waals surface area contributed by atoms with Crippen molar-refractivity contribution in [2.24, 2.45) is 0 Å². The van der Waals surface area contributed by atoms with Gasteiger partial charge in [-0.2, -0.15) is 0 Å². The number of hydrogen-bond donors (Lipinski definition) is 0. The fourth-order valence-electron chi connectivity index (χ4n) is 2.14. The standard InChI is InChI=1S/C10H12N4O/c15-9-2-1-8(5-9)13-3-4-14-7-11-12-10(14)6-13/h5,7H,1-4,6H2. The van der Waals surface area contributed by atoms with Gasteiger partial charge in [-0.25, -0.2) is 0 Å². The summed E-state index contributed by atoms with van der Waals surface area (Å²) in [5, 5.41) is 7.94. The van der Waals surface area contributed by atoms with Crippen LogP contribution in [-0.2, 0) is 17.9 Å². The van der Waals surface area contributed by atoms with Gasteiger partial charge >= 0.3 is 0 Å². The molecule has 1 aliphatic carbocycles. The second-order valence-corrected chi connectivity index (χ2v) is 3.96. The molecule has 0 spiro atoms. The first-order valence-corrected chi connectivity index (χ1v) is 5.18. The van der Waals surface area contributed by atoms with Crippen LogP contribution in [0.2, 0.25) is 0 Å². The summed E-state index contributed by atoms with van der Waals surface area (Å²) < 4.78 is 2.06. The Labute approximate surface area is 87.4 Å². The molecule has 2 aliphatic rings. The minimum absolute atomic E-state index is 0.247. The second-order valence-electron chi connectivity index (χ2n) is 3.96. The molecule has 0 fully saturated rings. The van der Waals surface area contributed by atoms with E-state index in [1.54, 1.807) is 12.4 Å². The summed E-state index contributed by atoms with van der Waals surface area (Å²) in [6.45, 7) is 2.64. The summed E-state index contributed by atoms with van der Waals surface area (Å²) in [7, 11) is 0. The average Bonchev–Trinajstić information content (AvgIpc) is 2.84. The Hall–Kier alpha value is -1.65. The van der Waals surface area contributed by atoms with Gasteiger partial charge in [-0.3, -0.25) is 4.79 Å². The number of ketones is 1. The number of aromatic nitrogens is 3. The Balaban J connectivity index is 1.81. The monoisotopic (exact) mass is 204 g/mol. The highest BCUT2D eigenvalue weighted by Gasteiger charge is 2.22. The molecule has 0 amide bonds. The molecule has 0 unspecified atom stereocenters. The largest absolute Gasteiger partial charge is 0.365 e. The molecule has 0 aromatic carbocycles. The lowest BCUT2D eigenvalue weighted by Gasteiger charge is -2.29. The Morgan fingerprint density at radius 2 is 2.20 bits per heavy atom. The van der Waals surface area contributed by atoms with E-state index in [1.807, 2.05) is 0 Å². The van der Waals surface area contributed by atoms with Crippen molar-refractivity contribution in [2.75, 3.05) is 6.54 Å². The first kappa shape index (κ1) is 8.64. The molecule has 1 aromatic rings. The van der Waals surface area contributed by atoms with E-state index in [1.165, 1.54) is 0 Å². The van der Waals surface area contributed by atoms with Crippen molar-refractivity contribution in [3.8, 4) is 0 Å². The van der Waals surface area contributed by atoms with E-state index < -0.39 is 0 Å². The van der Waals surface area contributed by atoms with Crippen LogP contribution in [-0.4, -0.2) is 32.0 Å². The Morgan fingerprint density at radius 1 is 1.27 bits per heavy atom. The zero-order valence-corrected chi connectivity index (χ0v) is 8.39. The SMILES string of the molecule is O=C1C=C(N2CCn3cnnc3C2)CC1. The predicted octanol–water partition coefficient (Wildman–Crippen LogP) is 0.340. The van der Waals surface area contributed by atoms with Gasteiger partial charge in [-0.05, 0) is 6.42 Å². The van der Waals surface area contributed by atoms with Crippen LogP contribution < -0.4 is 0 Å². The molecule has 0 saturated heterocycles. The van der Waals surface area contributed by atoms with Crippen molar-refractivity contribution < 1.29 is 4.79 Å². The topological polar surface area (TPSA) is 51.0 Å². The van der Waals surface area contributed by atoms with E-state index in [2.05, 4.69) is 19.7 Å². The summed E-state index contributed by atoms with van der Waals surface area (Å²) >= 11 is 0. The van der Waals surface area contributed by atoms with Crippen molar-refractivity contribution >= 4 is 5.78 Å². The van der Waals surface area contributed by atoms with Gasteiger partial charge in [0.2, 0.25) is 0 Å². The first-order valence-electron chi connectivity index (χ1n) is 5.18. The third-order valence-electron chi connectivity index (χ3n) is 3.00. The van der Waals surface area contributed by atoms with Gasteiger partial charge in [0.05, 0.1) is 6.54 Å². The zero-order valence-electron chi connectivity index (χ0n) is 8.39. The van der Waals surface area contributed by atoms with Crippen LogP contribution in [0.25, 0.3) is 0 Å². The molecule has 2 heterocycles. The number of carbonyl (C=O) groups excluding carboxylic acids is 1. The van der Waals surface area contributed by atoms with Crippen LogP contribution in [0.3, 0.4) is 0 Å². The molecule has 78 valence electrons. The third kappa shape index (κ3) is 1.44. The molecular weight excluding hydrogens is 192 g/mol. The molecule has 0 saturated carbocycles. The van der Waals surface area contributed by atoms with E-state index in [0.717, 1.165) is 37.6 Å². The maximum Gasteiger partial charge on any atom is 0.157 e. The summed E-state index contributed by atoms with van der Waals surface area (Å²) in [4.78, 5) is 13.4. The number of fused-ring (bicyclic) bond motifs is 1. The minimum Gasteiger partial charge on any atom is -0.365 e. The van der Waals surface area contributed by atoms with Gasteiger partial charge in [0.15, 0.2) is 11.6 Å². The van der Waals surface area contributed by atoms with Gasteiger partial charge in [0.25, 0.3) is 0 Å². The zero-order chi connectivity index (χ0) is 10.3. The Morgan fingerprint density at radius 3 is 3.00 bits per heavy atom. The normalized spacial score (nSPS) is 20.4.